The van der Waals surface area contributed by atoms with Crippen LogP contribution in [0.15, 0.2) is 54.9 Å². The number of nitrogens with zero attached hydrogens (tertiary/aromatic N) is 3. The number of anilines is 1. The highest BCUT2D eigenvalue weighted by Crippen LogP contribution is 2.32. The van der Waals surface area contributed by atoms with Crippen molar-refractivity contribution in [2.45, 2.75) is 24.9 Å². The van der Waals surface area contributed by atoms with Crippen molar-refractivity contribution in [2.24, 2.45) is 0 Å². The number of nitrogens with one attached hydrogen (secondary N) is 1. The van der Waals surface area contributed by atoms with Crippen LogP contribution in [0, 0.1) is 0 Å². The summed E-state index contributed by atoms with van der Waals surface area (Å²) in [5, 5.41) is 4.11. The molecule has 3 heterocycles. The minimum Gasteiger partial charge on any atom is -0.398 e. The van der Waals surface area contributed by atoms with Crippen LogP contribution in [0.5, 0.6) is 0 Å². The number of benzene rings is 1. The number of hydrogen-bond donors (Lipinski definition) is 2. The number of aromatic nitrogens is 2. The molecule has 3 aromatic rings. The van der Waals surface area contributed by atoms with E-state index in [4.69, 9.17) is 5.73 Å². The lowest BCUT2D eigenvalue weighted by Gasteiger charge is -2.37. The Kier molecular flexibility index (Phi) is 4.73. The molecule has 3 N–H and O–H groups in total. The average Bonchev–Trinajstić information content (AvgIpc) is 2.70. The maximum atomic E-state index is 12.4. The van der Waals surface area contributed by atoms with Crippen LogP contribution in [0.1, 0.15) is 34.9 Å². The number of likely N-dealkylation sites (tertiary alicyclic amines) is 1. The Labute approximate surface area is 158 Å². The summed E-state index contributed by atoms with van der Waals surface area (Å²) in [6.45, 7) is 0.915. The summed E-state index contributed by atoms with van der Waals surface area (Å²) < 4.78 is 0. The monoisotopic (exact) mass is 361 g/mol. The lowest BCUT2D eigenvalue weighted by molar-refractivity contribution is 0.0883. The second-order valence-electron chi connectivity index (χ2n) is 7.08. The van der Waals surface area contributed by atoms with Crippen molar-refractivity contribution in [1.82, 2.24) is 20.2 Å². The van der Waals surface area contributed by atoms with E-state index in [-0.39, 0.29) is 18.0 Å². The fraction of sp³-hybridized carbons (Fsp3) is 0.286. The van der Waals surface area contributed by atoms with E-state index in [9.17, 15) is 4.79 Å². The predicted octanol–water partition coefficient (Wildman–Crippen LogP) is 2.78. The van der Waals surface area contributed by atoms with Crippen LogP contribution in [-0.2, 0) is 0 Å². The zero-order chi connectivity index (χ0) is 18.8. The maximum absolute atomic E-state index is 12.4. The Bertz CT molecular complexity index is 959. The summed E-state index contributed by atoms with van der Waals surface area (Å²) in [4.78, 5) is 23.3. The van der Waals surface area contributed by atoms with Crippen LogP contribution in [0.3, 0.4) is 0 Å². The number of piperidine rings is 1. The molecule has 2 unspecified atom stereocenters. The summed E-state index contributed by atoms with van der Waals surface area (Å²) in [5.74, 6) is -0.115. The van der Waals surface area contributed by atoms with Crippen molar-refractivity contribution in [2.75, 3.05) is 19.3 Å². The molecular weight excluding hydrogens is 338 g/mol. The summed E-state index contributed by atoms with van der Waals surface area (Å²) in [6.07, 6.45) is 5.14. The third-order valence-corrected chi connectivity index (χ3v) is 5.29. The zero-order valence-corrected chi connectivity index (χ0v) is 15.3. The first-order valence-corrected chi connectivity index (χ1v) is 9.18. The van der Waals surface area contributed by atoms with Crippen molar-refractivity contribution in [3.05, 3.63) is 66.1 Å². The number of rotatable bonds is 3. The highest BCUT2D eigenvalue weighted by molar-refractivity contribution is 5.92. The van der Waals surface area contributed by atoms with E-state index in [1.54, 1.807) is 18.5 Å². The molecule has 1 fully saturated rings. The van der Waals surface area contributed by atoms with E-state index in [2.05, 4.69) is 39.4 Å². The molecule has 1 aliphatic heterocycles. The minimum absolute atomic E-state index is 0.114. The Morgan fingerprint density at radius 2 is 2.07 bits per heavy atom. The molecule has 4 rings (SSSR count). The predicted molar refractivity (Wildman–Crippen MR) is 106 cm³/mol. The highest BCUT2D eigenvalue weighted by atomic mass is 16.1. The van der Waals surface area contributed by atoms with E-state index >= 15 is 0 Å². The molecule has 27 heavy (non-hydrogen) atoms. The van der Waals surface area contributed by atoms with Gasteiger partial charge in [-0.1, -0.05) is 12.1 Å². The molecule has 1 saturated heterocycles. The molecule has 0 aliphatic carbocycles. The number of nitrogens with two attached hydrogens (primary N) is 1. The molecule has 2 atom stereocenters. The number of nitrogen functional groups attached to an aromatic ring is 1. The molecule has 0 bridgehead atoms. The van der Waals surface area contributed by atoms with Gasteiger partial charge in [-0.3, -0.25) is 19.7 Å². The van der Waals surface area contributed by atoms with Gasteiger partial charge in [-0.15, -0.1) is 0 Å². The summed E-state index contributed by atoms with van der Waals surface area (Å²) >= 11 is 0. The molecule has 0 spiro atoms. The lowest BCUT2D eigenvalue weighted by atomic mass is 9.91. The fourth-order valence-electron chi connectivity index (χ4n) is 3.75. The smallest absolute Gasteiger partial charge is 0.270 e. The van der Waals surface area contributed by atoms with Gasteiger partial charge < -0.3 is 11.1 Å². The van der Waals surface area contributed by atoms with Gasteiger partial charge in [-0.2, -0.15) is 0 Å². The van der Waals surface area contributed by atoms with Gasteiger partial charge in [0, 0.05) is 42.1 Å². The van der Waals surface area contributed by atoms with Crippen LogP contribution in [0.4, 0.5) is 5.69 Å². The van der Waals surface area contributed by atoms with Crippen molar-refractivity contribution in [1.29, 1.82) is 0 Å². The normalized spacial score (nSPS) is 20.5. The van der Waals surface area contributed by atoms with Crippen molar-refractivity contribution >= 4 is 22.5 Å². The van der Waals surface area contributed by atoms with E-state index in [0.29, 0.717) is 5.69 Å². The molecule has 1 aliphatic rings. The summed E-state index contributed by atoms with van der Waals surface area (Å²) in [7, 11) is 2.12. The highest BCUT2D eigenvalue weighted by Gasteiger charge is 2.28. The number of hydrogen-bond acceptors (Lipinski definition) is 5. The van der Waals surface area contributed by atoms with Gasteiger partial charge in [-0.05, 0) is 55.8 Å². The second kappa shape index (κ2) is 7.32. The topological polar surface area (TPSA) is 84.1 Å². The van der Waals surface area contributed by atoms with Crippen LogP contribution < -0.4 is 11.1 Å². The van der Waals surface area contributed by atoms with E-state index < -0.39 is 0 Å². The van der Waals surface area contributed by atoms with Crippen molar-refractivity contribution in [3.8, 4) is 0 Å². The first-order valence-electron chi connectivity index (χ1n) is 9.18. The Morgan fingerprint density at radius 1 is 1.19 bits per heavy atom. The third-order valence-electron chi connectivity index (χ3n) is 5.29. The SMILES string of the molecule is CN1CCC(NC(=O)c2ccccn2)CC1c1ccc2nccc(N)c2c1. The molecular formula is C21H23N5O. The van der Waals surface area contributed by atoms with Gasteiger partial charge in [-0.25, -0.2) is 0 Å². The standard InChI is InChI=1S/C21H23N5O/c1-26-11-8-15(25-21(27)19-4-2-3-9-23-19)13-20(26)14-5-6-18-16(12-14)17(22)7-10-24-18/h2-7,9-10,12,15,20H,8,11,13H2,1H3,(H2,22,24)(H,25,27). The van der Waals surface area contributed by atoms with Gasteiger partial charge >= 0.3 is 0 Å². The number of amides is 1. The number of pyridine rings is 2. The Morgan fingerprint density at radius 3 is 2.89 bits per heavy atom. The van der Waals surface area contributed by atoms with Crippen LogP contribution in [0.25, 0.3) is 10.9 Å². The van der Waals surface area contributed by atoms with Gasteiger partial charge in [0.1, 0.15) is 5.69 Å². The summed E-state index contributed by atoms with van der Waals surface area (Å²) in [6, 6.07) is 13.8. The second-order valence-corrected chi connectivity index (χ2v) is 7.08. The molecule has 1 amide bonds. The molecule has 138 valence electrons. The Balaban J connectivity index is 1.54. The molecule has 0 saturated carbocycles. The number of fused-ring (bicyclic) bond motifs is 1. The molecule has 0 radical (unpaired) electrons. The van der Waals surface area contributed by atoms with Crippen LogP contribution in [-0.4, -0.2) is 40.4 Å². The quantitative estimate of drug-likeness (QED) is 0.749. The van der Waals surface area contributed by atoms with Crippen molar-refractivity contribution in [3.63, 3.8) is 0 Å². The number of carbonyl (C=O) groups is 1. The Hall–Kier alpha value is -2.99. The maximum Gasteiger partial charge on any atom is 0.270 e. The van der Waals surface area contributed by atoms with Gasteiger partial charge in [0.15, 0.2) is 0 Å². The molecule has 1 aromatic carbocycles. The fourth-order valence-corrected chi connectivity index (χ4v) is 3.75. The summed E-state index contributed by atoms with van der Waals surface area (Å²) in [5.41, 5.74) is 9.42. The van der Waals surface area contributed by atoms with Crippen LogP contribution >= 0.6 is 0 Å². The lowest BCUT2D eigenvalue weighted by Crippen LogP contribution is -2.45. The average molecular weight is 361 g/mol. The van der Waals surface area contributed by atoms with Crippen molar-refractivity contribution < 1.29 is 4.79 Å². The van der Waals surface area contributed by atoms with E-state index in [1.165, 1.54) is 5.56 Å². The first-order chi connectivity index (χ1) is 13.1. The van der Waals surface area contributed by atoms with E-state index in [1.807, 2.05) is 24.3 Å². The van der Waals surface area contributed by atoms with Gasteiger partial charge in [0.05, 0.1) is 5.52 Å². The molecule has 6 nitrogen and oxygen atoms in total. The minimum atomic E-state index is -0.115. The van der Waals surface area contributed by atoms with Gasteiger partial charge in [0.2, 0.25) is 0 Å². The number of carbonyl (C=O) groups excluding carboxylic acids is 1. The zero-order valence-electron chi connectivity index (χ0n) is 15.3. The first kappa shape index (κ1) is 17.4. The van der Waals surface area contributed by atoms with Crippen LogP contribution in [0.2, 0.25) is 0 Å². The largest absolute Gasteiger partial charge is 0.398 e. The molecule has 6 heteroatoms. The van der Waals surface area contributed by atoms with Gasteiger partial charge in [0.25, 0.3) is 5.91 Å². The van der Waals surface area contributed by atoms with E-state index in [0.717, 1.165) is 36.0 Å². The third kappa shape index (κ3) is 3.61. The molecule has 2 aromatic heterocycles.